The predicted octanol–water partition coefficient (Wildman–Crippen LogP) is -10.4. The number of carboxylic acid groups (broad SMARTS) is 6. The molecular weight excluding hydrogens is 800 g/mol. The number of carbonyl (C=O) groups is 6. The molecule has 3 radical (unpaired) electrons. The van der Waals surface area contributed by atoms with Gasteiger partial charge in [0, 0.05) is 0 Å². The first-order chi connectivity index (χ1) is 18.9. The Hall–Kier alpha value is -2.18. The molecule has 0 aromatic rings. The Morgan fingerprint density at radius 3 is 0.362 bits per heavy atom. The Kier molecular flexibility index (Phi) is 40.4. The van der Waals surface area contributed by atoms with Crippen molar-refractivity contribution in [3.63, 3.8) is 0 Å². The van der Waals surface area contributed by atoms with Gasteiger partial charge in [0.15, 0.2) is 36.6 Å². The van der Waals surface area contributed by atoms with Crippen molar-refractivity contribution in [1.29, 1.82) is 0 Å². The maximum atomic E-state index is 10.1. The van der Waals surface area contributed by atoms with Gasteiger partial charge >= 0.3 is 87.0 Å². The maximum absolute atomic E-state index is 10.1. The zero-order valence-electron chi connectivity index (χ0n) is 22.3. The Bertz CT molecular complexity index is 737. The summed E-state index contributed by atoms with van der Waals surface area (Å²) in [4.78, 5) is 60.5. The van der Waals surface area contributed by atoms with E-state index in [9.17, 15) is 28.8 Å². The quantitative estimate of drug-likeness (QED) is 0.0681. The average Bonchev–Trinajstić information content (AvgIpc) is 2.92. The third kappa shape index (κ3) is 22.9. The second kappa shape index (κ2) is 29.9. The summed E-state index contributed by atoms with van der Waals surface area (Å²) in [6.45, 7) is 0. The summed E-state index contributed by atoms with van der Waals surface area (Å²) < 4.78 is 0. The average molecular weight is 830 g/mol. The SMILES string of the molecule is O=C(O)[C@@H](O)[C@@H](O)[C@H](O)[C@@H](O)C(=O)O.O=C(O)[C@@H](O)[C@@H](O)[C@H](O)[C@@H](O)C(=O)O.O=C(O)[C@@H](O)[C@@H](O)[C@H](O)[C@@H](O)C(=O)O.[Fe+3].[Fe+3].[Fe+3].[O-2].[O-2]. The molecule has 277 valence electrons. The van der Waals surface area contributed by atoms with Crippen LogP contribution in [0.15, 0.2) is 0 Å². The Morgan fingerprint density at radius 2 is 0.319 bits per heavy atom. The van der Waals surface area contributed by atoms with Crippen molar-refractivity contribution in [3.8, 4) is 0 Å². The molecule has 0 spiro atoms. The Morgan fingerprint density at radius 1 is 0.255 bits per heavy atom. The number of aliphatic carboxylic acids is 6. The summed E-state index contributed by atoms with van der Waals surface area (Å²) in [7, 11) is 0. The molecule has 0 aromatic carbocycles. The van der Waals surface area contributed by atoms with Crippen LogP contribution in [-0.2, 0) is 90.9 Å². The van der Waals surface area contributed by atoms with E-state index in [1.807, 2.05) is 0 Å². The van der Waals surface area contributed by atoms with Gasteiger partial charge in [0.25, 0.3) is 0 Å². The van der Waals surface area contributed by atoms with E-state index in [2.05, 4.69) is 0 Å². The number of hydrogen-bond donors (Lipinski definition) is 18. The number of carboxylic acids is 6. The first-order valence-corrected chi connectivity index (χ1v) is 10.4. The maximum Gasteiger partial charge on any atom is 3.00 e. The third-order valence-corrected chi connectivity index (χ3v) is 4.51. The molecule has 0 aliphatic carbocycles. The second-order valence-corrected chi connectivity index (χ2v) is 7.64. The topological polar surface area (TPSA) is 524 Å². The van der Waals surface area contributed by atoms with E-state index < -0.39 is 109 Å². The molecule has 0 aliphatic rings. The van der Waals surface area contributed by atoms with Crippen LogP contribution in [0.3, 0.4) is 0 Å². The van der Waals surface area contributed by atoms with Crippen molar-refractivity contribution in [2.24, 2.45) is 0 Å². The van der Waals surface area contributed by atoms with E-state index in [4.69, 9.17) is 91.9 Å². The van der Waals surface area contributed by atoms with E-state index >= 15 is 0 Å². The Balaban J connectivity index is -0.0000000768. The predicted molar refractivity (Wildman–Crippen MR) is 119 cm³/mol. The molecule has 0 saturated carbocycles. The van der Waals surface area contributed by atoms with Gasteiger partial charge < -0.3 is 103 Å². The fraction of sp³-hybridized carbons (Fsp3) is 0.667. The van der Waals surface area contributed by atoms with Crippen molar-refractivity contribution < 1.29 is 183 Å². The second-order valence-electron chi connectivity index (χ2n) is 7.64. The van der Waals surface area contributed by atoms with Gasteiger partial charge in [-0.15, -0.1) is 0 Å². The minimum absolute atomic E-state index is 0. The summed E-state index contributed by atoms with van der Waals surface area (Å²) in [5.41, 5.74) is 0. The number of rotatable bonds is 15. The van der Waals surface area contributed by atoms with Crippen molar-refractivity contribution in [2.45, 2.75) is 73.2 Å². The summed E-state index contributed by atoms with van der Waals surface area (Å²) >= 11 is 0. The van der Waals surface area contributed by atoms with E-state index in [-0.39, 0.29) is 62.2 Å². The molecule has 29 heteroatoms. The molecule has 12 atom stereocenters. The molecule has 0 saturated heterocycles. The smallest absolute Gasteiger partial charge is 2.00 e. The molecule has 0 aromatic heterocycles. The minimum Gasteiger partial charge on any atom is -2.00 e. The number of hydrogen-bond acceptors (Lipinski definition) is 18. The van der Waals surface area contributed by atoms with Gasteiger partial charge in [0.05, 0.1) is 0 Å². The molecule has 0 aliphatic heterocycles. The van der Waals surface area contributed by atoms with Gasteiger partial charge in [-0.2, -0.15) is 0 Å². The zero-order chi connectivity index (χ0) is 34.4. The first kappa shape index (κ1) is 63.5. The summed E-state index contributed by atoms with van der Waals surface area (Å²) in [5.74, 6) is -11.0. The van der Waals surface area contributed by atoms with Crippen molar-refractivity contribution in [3.05, 3.63) is 0 Å². The van der Waals surface area contributed by atoms with Gasteiger partial charge in [-0.3, -0.25) is 0 Å². The van der Waals surface area contributed by atoms with Crippen LogP contribution in [-0.4, -0.2) is 201 Å². The van der Waals surface area contributed by atoms with Crippen LogP contribution < -0.4 is 0 Å². The minimum atomic E-state index is -2.36. The fourth-order valence-electron chi connectivity index (χ4n) is 2.00. The molecule has 0 bridgehead atoms. The van der Waals surface area contributed by atoms with E-state index in [0.29, 0.717) is 0 Å². The van der Waals surface area contributed by atoms with Gasteiger partial charge in [-0.1, -0.05) is 0 Å². The molecule has 0 fully saturated rings. The normalized spacial score (nSPS) is 17.4. The van der Waals surface area contributed by atoms with E-state index in [1.54, 1.807) is 0 Å². The molecule has 0 rings (SSSR count). The van der Waals surface area contributed by atoms with Crippen LogP contribution in [0.1, 0.15) is 0 Å². The van der Waals surface area contributed by atoms with Gasteiger partial charge in [0.2, 0.25) is 0 Å². The van der Waals surface area contributed by atoms with Gasteiger partial charge in [0.1, 0.15) is 36.6 Å². The molecule has 0 heterocycles. The monoisotopic (exact) mass is 830 g/mol. The Labute approximate surface area is 291 Å². The molecule has 0 amide bonds. The van der Waals surface area contributed by atoms with E-state index in [0.717, 1.165) is 0 Å². The van der Waals surface area contributed by atoms with Crippen molar-refractivity contribution >= 4 is 35.8 Å². The molecular formula is C18H30Fe3O26+5. The standard InChI is InChI=1S/3C6H10O8.3Fe.2O/c3*7-1(3(9)5(11)12)2(8)4(10)6(13)14;;;;;/h3*1-4,7-10H,(H,11,12)(H,13,14);;;;;/q;;;3*+3;2*-2/t3*1-,2-,3-,4+;;;;;/m000...../s1. The number of aliphatic hydroxyl groups excluding tert-OH is 12. The van der Waals surface area contributed by atoms with Gasteiger partial charge in [-0.25, -0.2) is 28.8 Å². The van der Waals surface area contributed by atoms with Crippen molar-refractivity contribution in [1.82, 2.24) is 0 Å². The molecule has 18 N–H and O–H groups in total. The summed E-state index contributed by atoms with van der Waals surface area (Å²) in [6.07, 6.45) is -27.8. The van der Waals surface area contributed by atoms with Crippen LogP contribution in [0, 0.1) is 0 Å². The first-order valence-electron chi connectivity index (χ1n) is 10.4. The van der Waals surface area contributed by atoms with Crippen LogP contribution in [0.5, 0.6) is 0 Å². The molecule has 26 nitrogen and oxygen atoms in total. The van der Waals surface area contributed by atoms with Crippen LogP contribution >= 0.6 is 0 Å². The molecule has 47 heavy (non-hydrogen) atoms. The summed E-state index contributed by atoms with van der Waals surface area (Å²) in [6, 6.07) is 0. The zero-order valence-corrected chi connectivity index (χ0v) is 25.6. The number of aliphatic hydroxyl groups is 12. The largest absolute Gasteiger partial charge is 3.00 e. The van der Waals surface area contributed by atoms with E-state index in [1.165, 1.54) is 0 Å². The third-order valence-electron chi connectivity index (χ3n) is 4.51. The van der Waals surface area contributed by atoms with Crippen LogP contribution in [0.2, 0.25) is 0 Å². The fourth-order valence-corrected chi connectivity index (χ4v) is 2.00. The van der Waals surface area contributed by atoms with Crippen LogP contribution in [0.25, 0.3) is 0 Å². The van der Waals surface area contributed by atoms with Crippen LogP contribution in [0.4, 0.5) is 0 Å². The van der Waals surface area contributed by atoms with Gasteiger partial charge in [-0.05, 0) is 0 Å². The summed E-state index contributed by atoms with van der Waals surface area (Å²) in [5, 5.41) is 154. The van der Waals surface area contributed by atoms with Crippen molar-refractivity contribution in [2.75, 3.05) is 0 Å². The molecule has 0 unspecified atom stereocenters.